The zero-order valence-corrected chi connectivity index (χ0v) is 10.8. The molecule has 0 saturated carbocycles. The molecular weight excluding hydrogens is 281 g/mol. The molecule has 0 aliphatic rings. The number of rotatable bonds is 5. The lowest BCUT2D eigenvalue weighted by Gasteiger charge is -2.09. The summed E-state index contributed by atoms with van der Waals surface area (Å²) in [4.78, 5) is 11.7. The number of anilines is 1. The van der Waals surface area contributed by atoms with Gasteiger partial charge in [0.25, 0.3) is 5.91 Å². The zero-order valence-electron chi connectivity index (χ0n) is 10.1. The van der Waals surface area contributed by atoms with Crippen LogP contribution in [0.25, 0.3) is 0 Å². The number of carbonyl (C=O) groups is 1. The van der Waals surface area contributed by atoms with Crippen molar-refractivity contribution in [2.75, 3.05) is 12.3 Å². The van der Waals surface area contributed by atoms with Crippen molar-refractivity contribution in [3.05, 3.63) is 28.8 Å². The molecule has 0 aromatic heterocycles. The van der Waals surface area contributed by atoms with E-state index in [0.29, 0.717) is 0 Å². The molecule has 1 amide bonds. The molecule has 0 aliphatic heterocycles. The molecule has 106 valence electrons. The van der Waals surface area contributed by atoms with Crippen LogP contribution < -0.4 is 11.1 Å². The average Bonchev–Trinajstić information content (AvgIpc) is 2.30. The van der Waals surface area contributed by atoms with E-state index in [-0.39, 0.29) is 35.7 Å². The van der Waals surface area contributed by atoms with Gasteiger partial charge in [-0.2, -0.15) is 13.2 Å². The van der Waals surface area contributed by atoms with Crippen molar-refractivity contribution < 1.29 is 18.0 Å². The molecule has 0 bridgehead atoms. The van der Waals surface area contributed by atoms with Gasteiger partial charge in [-0.3, -0.25) is 4.79 Å². The van der Waals surface area contributed by atoms with Gasteiger partial charge >= 0.3 is 6.18 Å². The van der Waals surface area contributed by atoms with E-state index in [2.05, 4.69) is 5.32 Å². The Bertz CT molecular complexity index is 449. The number of nitrogens with two attached hydrogens (primary N) is 1. The third-order valence-electron chi connectivity index (χ3n) is 2.47. The largest absolute Gasteiger partial charge is 0.397 e. The molecule has 1 aromatic rings. The first-order valence-electron chi connectivity index (χ1n) is 5.70. The summed E-state index contributed by atoms with van der Waals surface area (Å²) in [6.07, 6.45) is -4.76. The molecule has 3 nitrogen and oxygen atoms in total. The Morgan fingerprint density at radius 1 is 1.32 bits per heavy atom. The van der Waals surface area contributed by atoms with Crippen LogP contribution in [0.4, 0.5) is 18.9 Å². The van der Waals surface area contributed by atoms with Crippen LogP contribution in [0.15, 0.2) is 18.2 Å². The van der Waals surface area contributed by atoms with Crippen LogP contribution in [0, 0.1) is 0 Å². The van der Waals surface area contributed by atoms with Gasteiger partial charge in [0.2, 0.25) is 0 Å². The Kier molecular flexibility index (Phi) is 5.47. The molecule has 19 heavy (non-hydrogen) atoms. The first kappa shape index (κ1) is 15.6. The van der Waals surface area contributed by atoms with Crippen molar-refractivity contribution in [2.45, 2.75) is 25.4 Å². The summed E-state index contributed by atoms with van der Waals surface area (Å²) in [5, 5.41) is 2.78. The molecule has 0 saturated heterocycles. The summed E-state index contributed by atoms with van der Waals surface area (Å²) < 4.78 is 35.7. The Balaban J connectivity index is 2.38. The highest BCUT2D eigenvalue weighted by Gasteiger charge is 2.25. The molecule has 7 heteroatoms. The van der Waals surface area contributed by atoms with Crippen molar-refractivity contribution in [3.8, 4) is 0 Å². The van der Waals surface area contributed by atoms with E-state index in [0.717, 1.165) is 0 Å². The number of hydrogen-bond donors (Lipinski definition) is 2. The summed E-state index contributed by atoms with van der Waals surface area (Å²) in [5.41, 5.74) is 6.02. The van der Waals surface area contributed by atoms with Crippen LogP contribution in [-0.2, 0) is 0 Å². The van der Waals surface area contributed by atoms with Gasteiger partial charge in [-0.1, -0.05) is 17.7 Å². The van der Waals surface area contributed by atoms with Crippen LogP contribution in [0.1, 0.15) is 29.6 Å². The third-order valence-corrected chi connectivity index (χ3v) is 2.80. The van der Waals surface area contributed by atoms with Gasteiger partial charge in [0.1, 0.15) is 0 Å². The summed E-state index contributed by atoms with van der Waals surface area (Å²) >= 11 is 5.76. The van der Waals surface area contributed by atoms with E-state index < -0.39 is 18.5 Å². The molecule has 0 atom stereocenters. The molecule has 0 radical (unpaired) electrons. The quantitative estimate of drug-likeness (QED) is 0.646. The zero-order chi connectivity index (χ0) is 14.5. The molecule has 0 fully saturated rings. The van der Waals surface area contributed by atoms with Gasteiger partial charge < -0.3 is 11.1 Å². The van der Waals surface area contributed by atoms with Crippen molar-refractivity contribution >= 4 is 23.2 Å². The molecule has 0 aliphatic carbocycles. The predicted octanol–water partition coefficient (Wildman–Crippen LogP) is 3.38. The van der Waals surface area contributed by atoms with Crippen molar-refractivity contribution in [1.29, 1.82) is 0 Å². The lowest BCUT2D eigenvalue weighted by atomic mass is 10.1. The van der Waals surface area contributed by atoms with Crippen LogP contribution in [0.3, 0.4) is 0 Å². The Hall–Kier alpha value is -1.43. The SMILES string of the molecule is Nc1c(Cl)cccc1C(=O)NCCCCC(F)(F)F. The highest BCUT2D eigenvalue weighted by Crippen LogP contribution is 2.23. The van der Waals surface area contributed by atoms with Crippen LogP contribution in [0.2, 0.25) is 5.02 Å². The number of unbranched alkanes of at least 4 members (excludes halogenated alkanes) is 1. The normalized spacial score (nSPS) is 11.4. The number of halogens is 4. The molecule has 1 rings (SSSR count). The number of carbonyl (C=O) groups excluding carboxylic acids is 1. The van der Waals surface area contributed by atoms with Gasteiger partial charge in [0, 0.05) is 13.0 Å². The molecule has 0 heterocycles. The number of amides is 1. The topological polar surface area (TPSA) is 55.1 Å². The average molecular weight is 295 g/mol. The number of benzene rings is 1. The summed E-state index contributed by atoms with van der Waals surface area (Å²) in [7, 11) is 0. The Labute approximate surface area is 113 Å². The number of para-hydroxylation sites is 1. The first-order valence-corrected chi connectivity index (χ1v) is 6.08. The van der Waals surface area contributed by atoms with Crippen LogP contribution in [0.5, 0.6) is 0 Å². The number of nitrogen functional groups attached to an aromatic ring is 1. The predicted molar refractivity (Wildman–Crippen MR) is 68.1 cm³/mol. The van der Waals surface area contributed by atoms with E-state index in [1.807, 2.05) is 0 Å². The minimum Gasteiger partial charge on any atom is -0.397 e. The van der Waals surface area contributed by atoms with Gasteiger partial charge in [-0.25, -0.2) is 0 Å². The fourth-order valence-electron chi connectivity index (χ4n) is 1.48. The second-order valence-corrected chi connectivity index (χ2v) is 4.44. The monoisotopic (exact) mass is 294 g/mol. The fourth-order valence-corrected chi connectivity index (χ4v) is 1.66. The van der Waals surface area contributed by atoms with Gasteiger partial charge in [-0.05, 0) is 25.0 Å². The van der Waals surface area contributed by atoms with Crippen molar-refractivity contribution in [2.24, 2.45) is 0 Å². The molecule has 0 unspecified atom stereocenters. The van der Waals surface area contributed by atoms with E-state index in [1.165, 1.54) is 6.07 Å². The van der Waals surface area contributed by atoms with E-state index >= 15 is 0 Å². The summed E-state index contributed by atoms with van der Waals surface area (Å²) in [5.74, 6) is -0.438. The van der Waals surface area contributed by atoms with E-state index in [9.17, 15) is 18.0 Å². The molecule has 3 N–H and O–H groups in total. The maximum atomic E-state index is 11.9. The maximum absolute atomic E-state index is 11.9. The Morgan fingerprint density at radius 3 is 2.63 bits per heavy atom. The minimum absolute atomic E-state index is 0.0190. The maximum Gasteiger partial charge on any atom is 0.389 e. The third kappa shape index (κ3) is 5.38. The highest BCUT2D eigenvalue weighted by atomic mass is 35.5. The highest BCUT2D eigenvalue weighted by molar-refractivity contribution is 6.33. The lowest BCUT2D eigenvalue weighted by molar-refractivity contribution is -0.135. The van der Waals surface area contributed by atoms with E-state index in [1.54, 1.807) is 12.1 Å². The van der Waals surface area contributed by atoms with Crippen molar-refractivity contribution in [1.82, 2.24) is 5.32 Å². The number of hydrogen-bond acceptors (Lipinski definition) is 2. The van der Waals surface area contributed by atoms with Gasteiger partial charge in [0.05, 0.1) is 16.3 Å². The van der Waals surface area contributed by atoms with Crippen LogP contribution in [-0.4, -0.2) is 18.6 Å². The molecule has 1 aromatic carbocycles. The van der Waals surface area contributed by atoms with Gasteiger partial charge in [0.15, 0.2) is 0 Å². The summed E-state index contributed by atoms with van der Waals surface area (Å²) in [6, 6.07) is 4.64. The Morgan fingerprint density at radius 2 is 2.00 bits per heavy atom. The van der Waals surface area contributed by atoms with Crippen molar-refractivity contribution in [3.63, 3.8) is 0 Å². The van der Waals surface area contributed by atoms with Gasteiger partial charge in [-0.15, -0.1) is 0 Å². The molecular formula is C12H14ClF3N2O. The lowest BCUT2D eigenvalue weighted by Crippen LogP contribution is -2.25. The number of alkyl halides is 3. The molecule has 0 spiro atoms. The summed E-state index contributed by atoms with van der Waals surface area (Å²) in [6.45, 7) is 0.168. The second kappa shape index (κ2) is 6.65. The first-order chi connectivity index (χ1) is 8.81. The van der Waals surface area contributed by atoms with E-state index in [4.69, 9.17) is 17.3 Å². The minimum atomic E-state index is -4.15. The second-order valence-electron chi connectivity index (χ2n) is 4.03. The van der Waals surface area contributed by atoms with Crippen LogP contribution >= 0.6 is 11.6 Å². The fraction of sp³-hybridized carbons (Fsp3) is 0.417. The number of nitrogens with one attached hydrogen (secondary N) is 1. The standard InChI is InChI=1S/C12H14ClF3N2O/c13-9-5-3-4-8(10(9)17)11(19)18-7-2-1-6-12(14,15)16/h3-5H,1-2,6-7,17H2,(H,18,19). The smallest absolute Gasteiger partial charge is 0.389 e.